The van der Waals surface area contributed by atoms with E-state index in [9.17, 15) is 0 Å². The summed E-state index contributed by atoms with van der Waals surface area (Å²) in [5.41, 5.74) is 12.1. The van der Waals surface area contributed by atoms with Crippen LogP contribution in [0, 0.1) is 0 Å². The molecule has 54 heavy (non-hydrogen) atoms. The fourth-order valence-corrected chi connectivity index (χ4v) is 10.0. The quantitative estimate of drug-likeness (QED) is 0.177. The number of thiophene rings is 1. The van der Waals surface area contributed by atoms with E-state index in [1.165, 1.54) is 58.8 Å². The molecule has 0 amide bonds. The lowest BCUT2D eigenvalue weighted by Crippen LogP contribution is -2.35. The van der Waals surface area contributed by atoms with Crippen LogP contribution < -0.4 is 15.3 Å². The van der Waals surface area contributed by atoms with Crippen LogP contribution in [-0.4, -0.2) is 11.9 Å². The van der Waals surface area contributed by atoms with E-state index in [0.29, 0.717) is 5.90 Å². The van der Waals surface area contributed by atoms with Crippen molar-refractivity contribution >= 4 is 66.3 Å². The van der Waals surface area contributed by atoms with Crippen molar-refractivity contribution in [2.24, 2.45) is 4.99 Å². The van der Waals surface area contributed by atoms with E-state index in [0.717, 1.165) is 40.0 Å². The topological polar surface area (TPSA) is 24.8 Å². The number of hydrogen-bond acceptors (Lipinski definition) is 4. The molecule has 1 atom stereocenters. The summed E-state index contributed by atoms with van der Waals surface area (Å²) >= 11 is 1.86. The van der Waals surface area contributed by atoms with Gasteiger partial charge in [-0.3, -0.25) is 0 Å². The Bertz CT molecular complexity index is 2970. The molecule has 0 fully saturated rings. The van der Waals surface area contributed by atoms with Gasteiger partial charge in [-0.1, -0.05) is 123 Å². The summed E-state index contributed by atoms with van der Waals surface area (Å²) in [6, 6.07) is 57.4. The van der Waals surface area contributed by atoms with Crippen molar-refractivity contribution in [3.8, 4) is 22.3 Å². The summed E-state index contributed by atoms with van der Waals surface area (Å²) in [5, 5.41) is 4.96. The molecule has 7 aromatic carbocycles. The third-order valence-corrected chi connectivity index (χ3v) is 12.7. The Morgan fingerprint density at radius 1 is 0.593 bits per heavy atom. The Balaban J connectivity index is 1.02. The molecule has 0 saturated heterocycles. The van der Waals surface area contributed by atoms with Crippen LogP contribution in [-0.2, 0) is 10.2 Å². The number of aliphatic imine (C=N–C) groups is 1. The van der Waals surface area contributed by atoms with Crippen molar-refractivity contribution in [1.82, 2.24) is 0 Å². The molecule has 258 valence electrons. The maximum absolute atomic E-state index is 6.47. The molecule has 3 aliphatic rings. The number of nitrogens with zero attached hydrogens (tertiary/aromatic N) is 2. The number of benzene rings is 7. The fraction of sp³-hybridized carbons (Fsp3) is 0.100. The van der Waals surface area contributed by atoms with Gasteiger partial charge in [0.25, 0.3) is 0 Å². The zero-order valence-electron chi connectivity index (χ0n) is 30.1. The Kier molecular flexibility index (Phi) is 6.90. The molecule has 0 bridgehead atoms. The summed E-state index contributed by atoms with van der Waals surface area (Å²) in [5.74, 6) is 1.66. The monoisotopic (exact) mass is 712 g/mol. The Hall–Kier alpha value is -6.23. The van der Waals surface area contributed by atoms with E-state index in [1.54, 1.807) is 0 Å². The third kappa shape index (κ3) is 4.76. The second-order valence-corrected chi connectivity index (χ2v) is 16.1. The number of rotatable bonds is 5. The van der Waals surface area contributed by atoms with Crippen molar-refractivity contribution in [2.45, 2.75) is 31.7 Å². The van der Waals surface area contributed by atoms with Gasteiger partial charge >= 0.3 is 0 Å². The molecule has 2 heterocycles. The minimum atomic E-state index is -0.0945. The first-order chi connectivity index (χ1) is 26.5. The highest BCUT2D eigenvalue weighted by atomic mass is 32.1. The standard InChI is InChI=1S/C50H36N2OS/c1-50(2)43-17-8-6-13-38(43)39-25-23-34(29-44(39)50)52(35-24-26-41-40-14-7-9-18-46(40)54-47(41)30-35)33-21-19-31(20-22-33)36-15-10-16-42-37(36)27-28-45-48(42)53-49(51-45)32-11-4-3-5-12-32/h3-27,29-30,45H,28H2,1-2H3. The van der Waals surface area contributed by atoms with Gasteiger partial charge in [0, 0.05) is 53.4 Å². The molecule has 1 unspecified atom stereocenters. The van der Waals surface area contributed by atoms with Crippen molar-refractivity contribution < 1.29 is 4.74 Å². The number of fused-ring (bicyclic) bond motifs is 8. The van der Waals surface area contributed by atoms with Gasteiger partial charge in [0.15, 0.2) is 0 Å². The van der Waals surface area contributed by atoms with Gasteiger partial charge < -0.3 is 9.64 Å². The van der Waals surface area contributed by atoms with Gasteiger partial charge in [0.2, 0.25) is 5.90 Å². The average molecular weight is 713 g/mol. The van der Waals surface area contributed by atoms with Gasteiger partial charge in [0.05, 0.1) is 0 Å². The zero-order chi connectivity index (χ0) is 36.0. The van der Waals surface area contributed by atoms with Crippen LogP contribution in [0.2, 0.25) is 0 Å². The summed E-state index contributed by atoms with van der Waals surface area (Å²) in [4.78, 5) is 7.39. The summed E-state index contributed by atoms with van der Waals surface area (Å²) in [7, 11) is 0. The molecule has 1 aromatic heterocycles. The van der Waals surface area contributed by atoms with E-state index >= 15 is 0 Å². The Labute approximate surface area is 318 Å². The van der Waals surface area contributed by atoms with Crippen LogP contribution in [0.25, 0.3) is 54.3 Å². The lowest BCUT2D eigenvalue weighted by Gasteiger charge is -2.28. The first-order valence-electron chi connectivity index (χ1n) is 18.7. The van der Waals surface area contributed by atoms with Crippen LogP contribution in [0.5, 0.6) is 0 Å². The van der Waals surface area contributed by atoms with Crippen molar-refractivity contribution in [3.63, 3.8) is 0 Å². The van der Waals surface area contributed by atoms with Gasteiger partial charge in [-0.05, 0) is 99.6 Å². The first-order valence-corrected chi connectivity index (χ1v) is 19.5. The fourth-order valence-electron chi connectivity index (χ4n) is 8.91. The van der Waals surface area contributed by atoms with Crippen molar-refractivity contribution in [3.05, 3.63) is 185 Å². The zero-order valence-corrected chi connectivity index (χ0v) is 30.9. The number of anilines is 3. The van der Waals surface area contributed by atoms with E-state index in [2.05, 4.69) is 164 Å². The summed E-state index contributed by atoms with van der Waals surface area (Å²) < 4.78 is 9.08. The van der Waals surface area contributed by atoms with Crippen LogP contribution >= 0.6 is 11.3 Å². The second kappa shape index (κ2) is 11.9. The van der Waals surface area contributed by atoms with E-state index in [1.807, 2.05) is 29.5 Å². The number of ether oxygens (including phenoxy) is 1. The summed E-state index contributed by atoms with van der Waals surface area (Å²) in [6.07, 6.45) is 3.16. The SMILES string of the molecule is CC1(C)c2ccccc2-c2ccc(N(c3ccc(-c4cccc5c4=CCC4N=C(c6ccccc6)OC=54)cc3)c3ccc4c(c3)sc3ccccc34)cc21. The lowest BCUT2D eigenvalue weighted by atomic mass is 9.82. The van der Waals surface area contributed by atoms with Crippen molar-refractivity contribution in [2.75, 3.05) is 4.90 Å². The maximum Gasteiger partial charge on any atom is 0.222 e. The molecule has 0 N–H and O–H groups in total. The predicted octanol–water partition coefficient (Wildman–Crippen LogP) is 11.6. The van der Waals surface area contributed by atoms with E-state index in [4.69, 9.17) is 9.73 Å². The minimum Gasteiger partial charge on any atom is -0.440 e. The van der Waals surface area contributed by atoms with E-state index < -0.39 is 0 Å². The second-order valence-electron chi connectivity index (χ2n) is 15.1. The molecule has 2 aliphatic carbocycles. The molecule has 11 rings (SSSR count). The lowest BCUT2D eigenvalue weighted by molar-refractivity contribution is 0.501. The van der Waals surface area contributed by atoms with Gasteiger partial charge in [-0.2, -0.15) is 0 Å². The van der Waals surface area contributed by atoms with Crippen LogP contribution in [0.1, 0.15) is 37.0 Å². The van der Waals surface area contributed by atoms with Crippen LogP contribution in [0.3, 0.4) is 0 Å². The van der Waals surface area contributed by atoms with Crippen LogP contribution in [0.15, 0.2) is 163 Å². The highest BCUT2D eigenvalue weighted by molar-refractivity contribution is 7.25. The molecule has 0 spiro atoms. The normalized spacial score (nSPS) is 16.2. The smallest absolute Gasteiger partial charge is 0.222 e. The third-order valence-electron chi connectivity index (χ3n) is 11.6. The van der Waals surface area contributed by atoms with Crippen LogP contribution in [0.4, 0.5) is 17.1 Å². The largest absolute Gasteiger partial charge is 0.440 e. The number of hydrogen-bond donors (Lipinski definition) is 0. The van der Waals surface area contributed by atoms with Gasteiger partial charge in [-0.25, -0.2) is 4.99 Å². The molecular formula is C50H36N2OS. The maximum atomic E-state index is 6.47. The highest BCUT2D eigenvalue weighted by Gasteiger charge is 2.36. The highest BCUT2D eigenvalue weighted by Crippen LogP contribution is 2.51. The van der Waals surface area contributed by atoms with E-state index in [-0.39, 0.29) is 11.5 Å². The van der Waals surface area contributed by atoms with Crippen molar-refractivity contribution in [1.29, 1.82) is 0 Å². The first kappa shape index (κ1) is 31.3. The predicted molar refractivity (Wildman–Crippen MR) is 227 cm³/mol. The molecule has 0 radical (unpaired) electrons. The molecule has 4 heteroatoms. The average Bonchev–Trinajstić information content (AvgIpc) is 3.89. The molecule has 3 nitrogen and oxygen atoms in total. The Morgan fingerprint density at radius 2 is 1.30 bits per heavy atom. The molecule has 0 saturated carbocycles. The van der Waals surface area contributed by atoms with Gasteiger partial charge in [0.1, 0.15) is 11.8 Å². The Morgan fingerprint density at radius 3 is 2.19 bits per heavy atom. The van der Waals surface area contributed by atoms with Gasteiger partial charge in [-0.15, -0.1) is 11.3 Å². The molecule has 1 aliphatic heterocycles. The summed E-state index contributed by atoms with van der Waals surface area (Å²) in [6.45, 7) is 4.71. The molecular weight excluding hydrogens is 677 g/mol. The minimum absolute atomic E-state index is 0.0160. The molecule has 8 aromatic rings.